The van der Waals surface area contributed by atoms with Crippen molar-refractivity contribution in [1.82, 2.24) is 0 Å². The van der Waals surface area contributed by atoms with Crippen LogP contribution in [0.4, 0.5) is 4.39 Å². The van der Waals surface area contributed by atoms with Crippen LogP contribution in [0, 0.1) is 24.1 Å². The average molecular weight is 239 g/mol. The zero-order chi connectivity index (χ0) is 13.0. The predicted molar refractivity (Wildman–Crippen MR) is 69.6 cm³/mol. The number of benzene rings is 2. The number of nitriles is 1. The zero-order valence-electron chi connectivity index (χ0n) is 10.2. The molecule has 0 aliphatic rings. The van der Waals surface area contributed by atoms with Gasteiger partial charge in [-0.3, -0.25) is 0 Å². The molecule has 2 rings (SSSR count). The third-order valence-corrected chi connectivity index (χ3v) is 2.99. The molecule has 0 bridgehead atoms. The summed E-state index contributed by atoms with van der Waals surface area (Å²) in [4.78, 5) is 0. The van der Waals surface area contributed by atoms with Crippen molar-refractivity contribution in [2.45, 2.75) is 19.3 Å². The molecule has 2 aromatic carbocycles. The van der Waals surface area contributed by atoms with Crippen LogP contribution in [0.3, 0.4) is 0 Å². The van der Waals surface area contributed by atoms with Gasteiger partial charge in [0.15, 0.2) is 0 Å². The lowest BCUT2D eigenvalue weighted by Gasteiger charge is -2.10. The van der Waals surface area contributed by atoms with Crippen molar-refractivity contribution in [3.63, 3.8) is 0 Å². The fourth-order valence-electron chi connectivity index (χ4n) is 1.89. The summed E-state index contributed by atoms with van der Waals surface area (Å²) in [7, 11) is 0. The van der Waals surface area contributed by atoms with Crippen molar-refractivity contribution in [2.24, 2.45) is 0 Å². The standard InChI is InChI=1S/C16H14FN/c1-12-2-6-14(7-3-12)15(11-18)10-13-4-8-16(17)9-5-13/h2-9,15H,10H2,1H3. The number of rotatable bonds is 3. The van der Waals surface area contributed by atoms with Crippen LogP contribution in [0.5, 0.6) is 0 Å². The van der Waals surface area contributed by atoms with E-state index in [0.717, 1.165) is 11.1 Å². The first kappa shape index (κ1) is 12.3. The largest absolute Gasteiger partial charge is 0.207 e. The molecule has 1 atom stereocenters. The van der Waals surface area contributed by atoms with E-state index in [2.05, 4.69) is 6.07 Å². The van der Waals surface area contributed by atoms with Crippen molar-refractivity contribution < 1.29 is 4.39 Å². The second kappa shape index (κ2) is 5.46. The van der Waals surface area contributed by atoms with E-state index in [0.29, 0.717) is 6.42 Å². The maximum atomic E-state index is 12.8. The van der Waals surface area contributed by atoms with E-state index in [1.807, 2.05) is 31.2 Å². The molecule has 0 amide bonds. The van der Waals surface area contributed by atoms with E-state index in [1.165, 1.54) is 17.7 Å². The van der Waals surface area contributed by atoms with Crippen LogP contribution in [0.2, 0.25) is 0 Å². The van der Waals surface area contributed by atoms with Crippen molar-refractivity contribution in [2.75, 3.05) is 0 Å². The van der Waals surface area contributed by atoms with Gasteiger partial charge >= 0.3 is 0 Å². The third kappa shape index (κ3) is 2.95. The Morgan fingerprint density at radius 3 is 2.22 bits per heavy atom. The fraction of sp³-hybridized carbons (Fsp3) is 0.188. The van der Waals surface area contributed by atoms with Gasteiger partial charge in [0, 0.05) is 0 Å². The molecule has 2 heteroatoms. The van der Waals surface area contributed by atoms with Gasteiger partial charge in [0.05, 0.1) is 12.0 Å². The Morgan fingerprint density at radius 2 is 1.67 bits per heavy atom. The third-order valence-electron chi connectivity index (χ3n) is 2.99. The van der Waals surface area contributed by atoms with Crippen LogP contribution in [-0.4, -0.2) is 0 Å². The van der Waals surface area contributed by atoms with Gasteiger partial charge in [0.25, 0.3) is 0 Å². The van der Waals surface area contributed by atoms with E-state index in [1.54, 1.807) is 12.1 Å². The molecule has 1 unspecified atom stereocenters. The lowest BCUT2D eigenvalue weighted by molar-refractivity contribution is 0.626. The summed E-state index contributed by atoms with van der Waals surface area (Å²) >= 11 is 0. The highest BCUT2D eigenvalue weighted by molar-refractivity contribution is 5.31. The summed E-state index contributed by atoms with van der Waals surface area (Å²) in [6.45, 7) is 2.02. The molecule has 0 aliphatic carbocycles. The minimum atomic E-state index is -0.248. The molecule has 0 fully saturated rings. The maximum absolute atomic E-state index is 12.8. The number of hydrogen-bond acceptors (Lipinski definition) is 1. The van der Waals surface area contributed by atoms with Gasteiger partial charge in [0.2, 0.25) is 0 Å². The predicted octanol–water partition coefficient (Wildman–Crippen LogP) is 3.98. The van der Waals surface area contributed by atoms with Gasteiger partial charge < -0.3 is 0 Å². The van der Waals surface area contributed by atoms with Crippen LogP contribution in [0.15, 0.2) is 48.5 Å². The molecule has 0 spiro atoms. The van der Waals surface area contributed by atoms with Gasteiger partial charge in [-0.05, 0) is 36.6 Å². The Balaban J connectivity index is 2.17. The highest BCUT2D eigenvalue weighted by Gasteiger charge is 2.11. The molecule has 2 aromatic rings. The quantitative estimate of drug-likeness (QED) is 0.794. The second-order valence-corrected chi connectivity index (χ2v) is 4.42. The SMILES string of the molecule is Cc1ccc(C(C#N)Cc2ccc(F)cc2)cc1. The van der Waals surface area contributed by atoms with Crippen molar-refractivity contribution in [1.29, 1.82) is 5.26 Å². The number of aryl methyl sites for hydroxylation is 1. The Labute approximate surface area is 107 Å². The van der Waals surface area contributed by atoms with E-state index in [4.69, 9.17) is 0 Å². The summed E-state index contributed by atoms with van der Waals surface area (Å²) in [5, 5.41) is 9.24. The smallest absolute Gasteiger partial charge is 0.123 e. The lowest BCUT2D eigenvalue weighted by Crippen LogP contribution is -2.00. The normalized spacial score (nSPS) is 11.8. The monoisotopic (exact) mass is 239 g/mol. The highest BCUT2D eigenvalue weighted by atomic mass is 19.1. The minimum absolute atomic E-state index is 0.184. The molecular formula is C16H14FN. The van der Waals surface area contributed by atoms with E-state index >= 15 is 0 Å². The average Bonchev–Trinajstić information content (AvgIpc) is 2.39. The van der Waals surface area contributed by atoms with E-state index in [9.17, 15) is 9.65 Å². The first-order chi connectivity index (χ1) is 8.69. The molecular weight excluding hydrogens is 225 g/mol. The first-order valence-electron chi connectivity index (χ1n) is 5.89. The van der Waals surface area contributed by atoms with Gasteiger partial charge in [-0.25, -0.2) is 4.39 Å². The number of nitrogens with zero attached hydrogens (tertiary/aromatic N) is 1. The molecule has 0 N–H and O–H groups in total. The highest BCUT2D eigenvalue weighted by Crippen LogP contribution is 2.20. The molecule has 90 valence electrons. The maximum Gasteiger partial charge on any atom is 0.123 e. The van der Waals surface area contributed by atoms with Crippen LogP contribution in [0.1, 0.15) is 22.6 Å². The molecule has 1 nitrogen and oxygen atoms in total. The molecule has 0 saturated heterocycles. The Hall–Kier alpha value is -2.14. The summed E-state index contributed by atoms with van der Waals surface area (Å²) in [6, 6.07) is 16.6. The van der Waals surface area contributed by atoms with Gasteiger partial charge in [-0.2, -0.15) is 5.26 Å². The zero-order valence-corrected chi connectivity index (χ0v) is 10.2. The van der Waals surface area contributed by atoms with E-state index in [-0.39, 0.29) is 11.7 Å². The topological polar surface area (TPSA) is 23.8 Å². The molecule has 0 heterocycles. The summed E-state index contributed by atoms with van der Waals surface area (Å²) in [6.07, 6.45) is 0.611. The van der Waals surface area contributed by atoms with Gasteiger partial charge in [-0.1, -0.05) is 42.0 Å². The van der Waals surface area contributed by atoms with Crippen LogP contribution in [-0.2, 0) is 6.42 Å². The van der Waals surface area contributed by atoms with Crippen molar-refractivity contribution in [3.8, 4) is 6.07 Å². The Kier molecular flexibility index (Phi) is 3.74. The number of hydrogen-bond donors (Lipinski definition) is 0. The van der Waals surface area contributed by atoms with Crippen molar-refractivity contribution in [3.05, 3.63) is 71.0 Å². The molecule has 0 saturated carbocycles. The van der Waals surface area contributed by atoms with E-state index < -0.39 is 0 Å². The fourth-order valence-corrected chi connectivity index (χ4v) is 1.89. The summed E-state index contributed by atoms with van der Waals surface area (Å²) in [5.41, 5.74) is 3.16. The van der Waals surface area contributed by atoms with Gasteiger partial charge in [-0.15, -0.1) is 0 Å². The Bertz CT molecular complexity index is 549. The Morgan fingerprint density at radius 1 is 1.06 bits per heavy atom. The molecule has 0 radical (unpaired) electrons. The van der Waals surface area contributed by atoms with Crippen LogP contribution in [0.25, 0.3) is 0 Å². The number of halogens is 1. The minimum Gasteiger partial charge on any atom is -0.207 e. The summed E-state index contributed by atoms with van der Waals surface area (Å²) < 4.78 is 12.8. The van der Waals surface area contributed by atoms with Gasteiger partial charge in [0.1, 0.15) is 5.82 Å². The molecule has 0 aliphatic heterocycles. The molecule has 18 heavy (non-hydrogen) atoms. The first-order valence-corrected chi connectivity index (χ1v) is 5.89. The van der Waals surface area contributed by atoms with Crippen LogP contribution < -0.4 is 0 Å². The second-order valence-electron chi connectivity index (χ2n) is 4.42. The van der Waals surface area contributed by atoms with Crippen LogP contribution >= 0.6 is 0 Å². The lowest BCUT2D eigenvalue weighted by atomic mass is 9.93. The molecule has 0 aromatic heterocycles. The van der Waals surface area contributed by atoms with Crippen molar-refractivity contribution >= 4 is 0 Å². The summed E-state index contributed by atoms with van der Waals surface area (Å²) in [5.74, 6) is -0.432.